The zero-order valence-electron chi connectivity index (χ0n) is 18.2. The molecule has 4 aliphatic rings. The van der Waals surface area contributed by atoms with Gasteiger partial charge < -0.3 is 4.90 Å². The summed E-state index contributed by atoms with van der Waals surface area (Å²) in [5.74, 6) is -3.32. The summed E-state index contributed by atoms with van der Waals surface area (Å²) in [5, 5.41) is 0. The van der Waals surface area contributed by atoms with Gasteiger partial charge in [-0.2, -0.15) is 13.2 Å². The fourth-order valence-electron chi connectivity index (χ4n) is 5.35. The highest BCUT2D eigenvalue weighted by Gasteiger charge is 2.41. The number of rotatable bonds is 4. The van der Waals surface area contributed by atoms with Crippen LogP contribution in [0.15, 0.2) is 28.3 Å². The first-order valence-electron chi connectivity index (χ1n) is 11.5. The van der Waals surface area contributed by atoms with Gasteiger partial charge in [0.1, 0.15) is 5.71 Å². The molecule has 0 bridgehead atoms. The third-order valence-corrected chi connectivity index (χ3v) is 7.28. The summed E-state index contributed by atoms with van der Waals surface area (Å²) < 4.78 is 67.7. The van der Waals surface area contributed by atoms with E-state index in [1.54, 1.807) is 4.90 Å². The molecule has 0 atom stereocenters. The normalized spacial score (nSPS) is 22.6. The van der Waals surface area contributed by atoms with E-state index in [0.717, 1.165) is 49.7 Å². The molecule has 4 nitrogen and oxygen atoms in total. The highest BCUT2D eigenvalue weighted by Crippen LogP contribution is 2.41. The first kappa shape index (κ1) is 22.5. The SMILES string of the molecule is O=C(C1=NCC2=C1CCN(CC1CC1)C2)N1CCC(c2ccc(F)c(F)c2C(F)(F)F)CC1. The smallest absolute Gasteiger partial charge is 0.337 e. The molecule has 0 spiro atoms. The Morgan fingerprint density at radius 1 is 1.06 bits per heavy atom. The van der Waals surface area contributed by atoms with Gasteiger partial charge in [-0.15, -0.1) is 0 Å². The van der Waals surface area contributed by atoms with E-state index in [1.165, 1.54) is 18.4 Å². The molecule has 5 rings (SSSR count). The van der Waals surface area contributed by atoms with Crippen molar-refractivity contribution in [2.24, 2.45) is 10.9 Å². The van der Waals surface area contributed by atoms with Gasteiger partial charge in [-0.1, -0.05) is 6.07 Å². The van der Waals surface area contributed by atoms with Gasteiger partial charge >= 0.3 is 6.18 Å². The van der Waals surface area contributed by atoms with E-state index in [2.05, 4.69) is 9.89 Å². The number of benzene rings is 1. The van der Waals surface area contributed by atoms with Crippen LogP contribution in [-0.2, 0) is 11.0 Å². The van der Waals surface area contributed by atoms with E-state index in [0.29, 0.717) is 12.3 Å². The van der Waals surface area contributed by atoms with Crippen molar-refractivity contribution in [2.45, 2.75) is 44.2 Å². The molecule has 1 saturated heterocycles. The van der Waals surface area contributed by atoms with E-state index < -0.39 is 29.3 Å². The minimum absolute atomic E-state index is 0.171. The summed E-state index contributed by atoms with van der Waals surface area (Å²) in [4.78, 5) is 21.7. The minimum atomic E-state index is -4.98. The average Bonchev–Trinajstić information content (AvgIpc) is 3.50. The molecule has 0 aromatic heterocycles. The van der Waals surface area contributed by atoms with Crippen LogP contribution in [0.3, 0.4) is 0 Å². The number of likely N-dealkylation sites (tertiary alicyclic amines) is 1. The van der Waals surface area contributed by atoms with Gasteiger partial charge in [0.2, 0.25) is 0 Å². The number of hydrogen-bond donors (Lipinski definition) is 0. The second kappa shape index (κ2) is 8.49. The first-order valence-corrected chi connectivity index (χ1v) is 11.5. The third-order valence-electron chi connectivity index (χ3n) is 7.28. The number of aliphatic imine (C=N–C) groups is 1. The molecule has 1 aromatic carbocycles. The number of carbonyl (C=O) groups is 1. The number of nitrogens with zero attached hydrogens (tertiary/aromatic N) is 3. The molecule has 33 heavy (non-hydrogen) atoms. The van der Waals surface area contributed by atoms with Crippen LogP contribution < -0.4 is 0 Å². The molecule has 1 amide bonds. The number of hydrogen-bond acceptors (Lipinski definition) is 3. The minimum Gasteiger partial charge on any atom is -0.337 e. The van der Waals surface area contributed by atoms with Crippen LogP contribution in [0.5, 0.6) is 0 Å². The van der Waals surface area contributed by atoms with Crippen LogP contribution in [0.25, 0.3) is 0 Å². The zero-order valence-corrected chi connectivity index (χ0v) is 18.2. The Kier molecular flexibility index (Phi) is 5.79. The van der Waals surface area contributed by atoms with Gasteiger partial charge in [0, 0.05) is 32.7 Å². The summed E-state index contributed by atoms with van der Waals surface area (Å²) in [6.07, 6.45) is -1.07. The van der Waals surface area contributed by atoms with Crippen molar-refractivity contribution in [3.63, 3.8) is 0 Å². The van der Waals surface area contributed by atoms with Gasteiger partial charge in [0.05, 0.1) is 12.1 Å². The van der Waals surface area contributed by atoms with E-state index in [9.17, 15) is 26.7 Å². The maximum absolute atomic E-state index is 14.0. The van der Waals surface area contributed by atoms with Gasteiger partial charge in [-0.25, -0.2) is 8.78 Å². The van der Waals surface area contributed by atoms with E-state index in [-0.39, 0.29) is 37.4 Å². The van der Waals surface area contributed by atoms with Crippen LogP contribution in [0, 0.1) is 17.6 Å². The van der Waals surface area contributed by atoms with Crippen molar-refractivity contribution >= 4 is 11.6 Å². The summed E-state index contributed by atoms with van der Waals surface area (Å²) >= 11 is 0. The molecular formula is C24H26F5N3O. The largest absolute Gasteiger partial charge is 0.419 e. The standard InChI is InChI=1S/C24H26F5N3O/c25-19-4-3-17(20(21(19)26)24(27,28)29)15-5-9-32(10-6-15)23(33)22-18-7-8-31(12-14-1-2-14)13-16(18)11-30-22/h3-4,14-15H,1-2,5-13H2. The Labute approximate surface area is 189 Å². The molecule has 9 heteroatoms. The maximum Gasteiger partial charge on any atom is 0.419 e. The summed E-state index contributed by atoms with van der Waals surface area (Å²) in [7, 11) is 0. The van der Waals surface area contributed by atoms with Gasteiger partial charge in [0.25, 0.3) is 5.91 Å². The lowest BCUT2D eigenvalue weighted by molar-refractivity contribution is -0.141. The molecule has 3 heterocycles. The molecule has 3 aliphatic heterocycles. The topological polar surface area (TPSA) is 35.9 Å². The lowest BCUT2D eigenvalue weighted by Gasteiger charge is -2.34. The summed E-state index contributed by atoms with van der Waals surface area (Å²) in [6.45, 7) is 3.93. The predicted molar refractivity (Wildman–Crippen MR) is 113 cm³/mol. The fourth-order valence-corrected chi connectivity index (χ4v) is 5.35. The van der Waals surface area contributed by atoms with Gasteiger partial charge in [-0.3, -0.25) is 14.7 Å². The predicted octanol–water partition coefficient (Wildman–Crippen LogP) is 4.56. The number of alkyl halides is 3. The number of piperidine rings is 1. The second-order valence-electron chi connectivity index (χ2n) is 9.57. The highest BCUT2D eigenvalue weighted by molar-refractivity contribution is 6.46. The van der Waals surface area contributed by atoms with E-state index in [1.807, 2.05) is 0 Å². The molecule has 0 unspecified atom stereocenters. The van der Waals surface area contributed by atoms with Crippen molar-refractivity contribution in [3.05, 3.63) is 46.0 Å². The molecule has 178 valence electrons. The molecule has 0 N–H and O–H groups in total. The Hall–Kier alpha value is -2.29. The third kappa shape index (κ3) is 4.44. The molecule has 2 fully saturated rings. The first-order chi connectivity index (χ1) is 15.7. The van der Waals surface area contributed by atoms with E-state index >= 15 is 0 Å². The van der Waals surface area contributed by atoms with E-state index in [4.69, 9.17) is 0 Å². The monoisotopic (exact) mass is 467 g/mol. The van der Waals surface area contributed by atoms with Crippen molar-refractivity contribution in [2.75, 3.05) is 39.3 Å². The van der Waals surface area contributed by atoms with Crippen LogP contribution >= 0.6 is 0 Å². The molecular weight excluding hydrogens is 441 g/mol. The number of amides is 1. The van der Waals surface area contributed by atoms with Crippen LogP contribution in [0.4, 0.5) is 22.0 Å². The zero-order chi connectivity index (χ0) is 23.3. The Bertz CT molecular complexity index is 1020. The lowest BCUT2D eigenvalue weighted by Crippen LogP contribution is -2.43. The quantitative estimate of drug-likeness (QED) is 0.609. The maximum atomic E-state index is 14.0. The average molecular weight is 467 g/mol. The second-order valence-corrected chi connectivity index (χ2v) is 9.57. The molecule has 0 radical (unpaired) electrons. The molecule has 1 saturated carbocycles. The summed E-state index contributed by atoms with van der Waals surface area (Å²) in [5.41, 5.74) is 0.976. The molecule has 1 aliphatic carbocycles. The lowest BCUT2D eigenvalue weighted by atomic mass is 9.85. The Morgan fingerprint density at radius 2 is 1.79 bits per heavy atom. The number of carbonyl (C=O) groups excluding carboxylic acids is 1. The van der Waals surface area contributed by atoms with Crippen LogP contribution in [0.2, 0.25) is 0 Å². The van der Waals surface area contributed by atoms with Gasteiger partial charge in [0.15, 0.2) is 11.6 Å². The van der Waals surface area contributed by atoms with Crippen LogP contribution in [0.1, 0.15) is 49.1 Å². The van der Waals surface area contributed by atoms with Crippen molar-refractivity contribution < 1.29 is 26.7 Å². The van der Waals surface area contributed by atoms with Crippen molar-refractivity contribution in [1.82, 2.24) is 9.80 Å². The van der Waals surface area contributed by atoms with Crippen molar-refractivity contribution in [1.29, 1.82) is 0 Å². The van der Waals surface area contributed by atoms with Crippen LogP contribution in [-0.4, -0.2) is 60.7 Å². The molecule has 1 aromatic rings. The number of halogens is 5. The summed E-state index contributed by atoms with van der Waals surface area (Å²) in [6, 6.07) is 1.77. The van der Waals surface area contributed by atoms with Gasteiger partial charge in [-0.05, 0) is 66.7 Å². The Morgan fingerprint density at radius 3 is 2.45 bits per heavy atom. The fraction of sp³-hybridized carbons (Fsp3) is 0.583. The highest BCUT2D eigenvalue weighted by atomic mass is 19.4. The Balaban J connectivity index is 1.25. The van der Waals surface area contributed by atoms with Crippen molar-refractivity contribution in [3.8, 4) is 0 Å².